The van der Waals surface area contributed by atoms with Gasteiger partial charge in [0.2, 0.25) is 0 Å². The Labute approximate surface area is 135 Å². The van der Waals surface area contributed by atoms with Gasteiger partial charge in [-0.2, -0.15) is 0 Å². The second-order valence-electron chi connectivity index (χ2n) is 6.14. The van der Waals surface area contributed by atoms with Crippen LogP contribution in [-0.4, -0.2) is 12.6 Å². The van der Waals surface area contributed by atoms with Gasteiger partial charge in [0, 0.05) is 18.7 Å². The third-order valence-electron chi connectivity index (χ3n) is 4.09. The van der Waals surface area contributed by atoms with Crippen molar-refractivity contribution in [1.29, 1.82) is 0 Å². The zero-order chi connectivity index (χ0) is 14.7. The van der Waals surface area contributed by atoms with Gasteiger partial charge in [0.1, 0.15) is 5.82 Å². The van der Waals surface area contributed by atoms with Gasteiger partial charge in [-0.15, -0.1) is 0 Å². The Morgan fingerprint density at radius 2 is 2.00 bits per heavy atom. The van der Waals surface area contributed by atoms with E-state index in [0.717, 1.165) is 18.7 Å². The summed E-state index contributed by atoms with van der Waals surface area (Å²) in [5.74, 6) is 0.483. The topological polar surface area (TPSA) is 29.3 Å². The molecule has 20 heavy (non-hydrogen) atoms. The van der Waals surface area contributed by atoms with E-state index in [9.17, 15) is 4.39 Å². The summed E-state index contributed by atoms with van der Waals surface area (Å²) in [4.78, 5) is 2.35. The minimum atomic E-state index is -0.164. The highest BCUT2D eigenvalue weighted by Gasteiger charge is 2.25. The summed E-state index contributed by atoms with van der Waals surface area (Å²) < 4.78 is 14.5. The number of anilines is 2. The highest BCUT2D eigenvalue weighted by molar-refractivity contribution is 14.1. The molecule has 0 unspecified atom stereocenters. The molecule has 2 nitrogen and oxygen atoms in total. The van der Waals surface area contributed by atoms with Crippen LogP contribution in [0.25, 0.3) is 0 Å². The van der Waals surface area contributed by atoms with Crippen LogP contribution in [0.3, 0.4) is 0 Å². The number of hydrogen-bond acceptors (Lipinski definition) is 2. The van der Waals surface area contributed by atoms with Crippen LogP contribution in [0.5, 0.6) is 0 Å². The maximum absolute atomic E-state index is 13.9. The van der Waals surface area contributed by atoms with Gasteiger partial charge in [-0.25, -0.2) is 4.39 Å². The number of nitrogen functional groups attached to an aromatic ring is 1. The minimum Gasteiger partial charge on any atom is -0.397 e. The predicted octanol–water partition coefficient (Wildman–Crippen LogP) is 4.81. The normalized spacial score (nSPS) is 16.1. The van der Waals surface area contributed by atoms with E-state index in [2.05, 4.69) is 18.7 Å². The molecule has 2 rings (SSSR count). The van der Waals surface area contributed by atoms with Gasteiger partial charge in [-0.05, 0) is 53.8 Å². The molecule has 0 spiro atoms. The van der Waals surface area contributed by atoms with Gasteiger partial charge in [-0.1, -0.05) is 26.7 Å². The number of halogens is 2. The minimum absolute atomic E-state index is 0.164. The quantitative estimate of drug-likeness (QED) is 0.578. The molecule has 1 aromatic rings. The molecule has 1 saturated carbocycles. The van der Waals surface area contributed by atoms with Crippen molar-refractivity contribution in [3.05, 3.63) is 21.5 Å². The second kappa shape index (κ2) is 6.96. The van der Waals surface area contributed by atoms with E-state index >= 15 is 0 Å². The van der Waals surface area contributed by atoms with Gasteiger partial charge < -0.3 is 10.6 Å². The van der Waals surface area contributed by atoms with E-state index < -0.39 is 0 Å². The average Bonchev–Trinajstić information content (AvgIpc) is 2.89. The molecule has 1 aliphatic carbocycles. The molecule has 0 bridgehead atoms. The van der Waals surface area contributed by atoms with Crippen LogP contribution in [0.1, 0.15) is 46.0 Å². The molecule has 1 fully saturated rings. The summed E-state index contributed by atoms with van der Waals surface area (Å²) in [5.41, 5.74) is 7.74. The Hall–Kier alpha value is -0.520. The van der Waals surface area contributed by atoms with E-state index in [4.69, 9.17) is 5.73 Å². The van der Waals surface area contributed by atoms with Crippen molar-refractivity contribution in [3.63, 3.8) is 0 Å². The monoisotopic (exact) mass is 390 g/mol. The molecule has 0 aromatic heterocycles. The molecule has 4 heteroatoms. The third-order valence-corrected chi connectivity index (χ3v) is 4.92. The highest BCUT2D eigenvalue weighted by Crippen LogP contribution is 2.34. The maximum Gasteiger partial charge on any atom is 0.138 e. The Bertz CT molecular complexity index is 456. The molecule has 112 valence electrons. The fourth-order valence-corrected chi connectivity index (χ4v) is 3.40. The van der Waals surface area contributed by atoms with E-state index in [1.807, 2.05) is 22.6 Å². The zero-order valence-electron chi connectivity index (χ0n) is 12.3. The summed E-state index contributed by atoms with van der Waals surface area (Å²) >= 11 is 2.00. The highest BCUT2D eigenvalue weighted by atomic mass is 127. The lowest BCUT2D eigenvalue weighted by atomic mass is 10.1. The van der Waals surface area contributed by atoms with E-state index in [-0.39, 0.29) is 5.82 Å². The van der Waals surface area contributed by atoms with Crippen LogP contribution in [0.4, 0.5) is 15.8 Å². The lowest BCUT2D eigenvalue weighted by Gasteiger charge is -2.33. The lowest BCUT2D eigenvalue weighted by Crippen LogP contribution is -2.35. The molecule has 1 aromatic carbocycles. The van der Waals surface area contributed by atoms with Gasteiger partial charge in [0.15, 0.2) is 0 Å². The molecule has 0 radical (unpaired) electrons. The summed E-state index contributed by atoms with van der Waals surface area (Å²) in [6, 6.07) is 3.90. The fraction of sp³-hybridized carbons (Fsp3) is 0.625. The van der Waals surface area contributed by atoms with Crippen molar-refractivity contribution in [3.8, 4) is 0 Å². The van der Waals surface area contributed by atoms with Crippen LogP contribution in [0.2, 0.25) is 0 Å². The zero-order valence-corrected chi connectivity index (χ0v) is 14.5. The molecular formula is C16H24FIN2. The lowest BCUT2D eigenvalue weighted by molar-refractivity contribution is 0.527. The van der Waals surface area contributed by atoms with Crippen LogP contribution in [0, 0.1) is 15.3 Å². The van der Waals surface area contributed by atoms with Crippen molar-refractivity contribution in [1.82, 2.24) is 0 Å². The van der Waals surface area contributed by atoms with E-state index in [1.165, 1.54) is 25.7 Å². The van der Waals surface area contributed by atoms with Crippen molar-refractivity contribution in [2.45, 2.75) is 52.0 Å². The first-order valence-electron chi connectivity index (χ1n) is 7.50. The van der Waals surface area contributed by atoms with Crippen LogP contribution < -0.4 is 10.6 Å². The van der Waals surface area contributed by atoms with Gasteiger partial charge in [0.25, 0.3) is 0 Å². The van der Waals surface area contributed by atoms with E-state index in [0.29, 0.717) is 21.2 Å². The van der Waals surface area contributed by atoms with Crippen LogP contribution in [-0.2, 0) is 0 Å². The first-order valence-corrected chi connectivity index (χ1v) is 8.58. The predicted molar refractivity (Wildman–Crippen MR) is 92.6 cm³/mol. The first-order chi connectivity index (χ1) is 9.49. The Kier molecular flexibility index (Phi) is 5.52. The maximum atomic E-state index is 13.9. The number of benzene rings is 1. The Balaban J connectivity index is 2.27. The summed E-state index contributed by atoms with van der Waals surface area (Å²) in [5, 5.41) is 0. The smallest absolute Gasteiger partial charge is 0.138 e. The van der Waals surface area contributed by atoms with Crippen molar-refractivity contribution >= 4 is 34.0 Å². The summed E-state index contributed by atoms with van der Waals surface area (Å²) in [6.45, 7) is 5.42. The molecule has 0 atom stereocenters. The van der Waals surface area contributed by atoms with Crippen molar-refractivity contribution in [2.75, 3.05) is 17.2 Å². The SMILES string of the molecule is CC(C)CCN(c1cc(F)c(I)cc1N)C1CCCC1. The Morgan fingerprint density at radius 3 is 2.60 bits per heavy atom. The molecule has 2 N–H and O–H groups in total. The standard InChI is InChI=1S/C16H24FIN2/c1-11(2)7-8-20(12-5-3-4-6-12)16-9-13(17)14(18)10-15(16)19/h9-12H,3-8,19H2,1-2H3. The van der Waals surface area contributed by atoms with Crippen molar-refractivity contribution in [2.24, 2.45) is 5.92 Å². The fourth-order valence-electron chi connectivity index (χ4n) is 2.91. The average molecular weight is 390 g/mol. The van der Waals surface area contributed by atoms with E-state index in [1.54, 1.807) is 12.1 Å². The third kappa shape index (κ3) is 3.77. The Morgan fingerprint density at radius 1 is 1.35 bits per heavy atom. The molecule has 0 saturated heterocycles. The number of nitrogens with zero attached hydrogens (tertiary/aromatic N) is 1. The van der Waals surface area contributed by atoms with Crippen molar-refractivity contribution < 1.29 is 4.39 Å². The number of nitrogens with two attached hydrogens (primary N) is 1. The van der Waals surface area contributed by atoms with Gasteiger partial charge >= 0.3 is 0 Å². The summed E-state index contributed by atoms with van der Waals surface area (Å²) in [6.07, 6.45) is 6.06. The van der Waals surface area contributed by atoms with Crippen LogP contribution >= 0.6 is 22.6 Å². The molecule has 1 aliphatic rings. The number of rotatable bonds is 5. The second-order valence-corrected chi connectivity index (χ2v) is 7.30. The van der Waals surface area contributed by atoms with Gasteiger partial charge in [-0.3, -0.25) is 0 Å². The molecule has 0 amide bonds. The first kappa shape index (κ1) is 15.9. The molecule has 0 heterocycles. The van der Waals surface area contributed by atoms with Gasteiger partial charge in [0.05, 0.1) is 14.9 Å². The molecule has 0 aliphatic heterocycles. The number of hydrogen-bond donors (Lipinski definition) is 1. The summed E-state index contributed by atoms with van der Waals surface area (Å²) in [7, 11) is 0. The molecular weight excluding hydrogens is 366 g/mol. The van der Waals surface area contributed by atoms with Crippen LogP contribution in [0.15, 0.2) is 12.1 Å². The largest absolute Gasteiger partial charge is 0.397 e.